The molecule has 2 aromatic heterocycles. The van der Waals surface area contributed by atoms with Crippen LogP contribution < -0.4 is 0 Å². The lowest BCUT2D eigenvalue weighted by Crippen LogP contribution is -2.41. The standard InChI is InChI=1S/C17H16ClN5O2/c1-11-14(16(24)22-5-7-25-8-6-22)10-19-17-20-15(21-23(11)17)12-3-2-4-13(18)9-12/h2-4,9-10H,5-8H2,1H3. The molecule has 0 unspecified atom stereocenters. The number of amides is 1. The zero-order valence-electron chi connectivity index (χ0n) is 13.6. The van der Waals surface area contributed by atoms with E-state index in [1.165, 1.54) is 0 Å². The first kappa shape index (κ1) is 16.0. The number of aromatic nitrogens is 4. The number of morpholine rings is 1. The molecule has 0 radical (unpaired) electrons. The van der Waals surface area contributed by atoms with Crippen LogP contribution in [0.3, 0.4) is 0 Å². The summed E-state index contributed by atoms with van der Waals surface area (Å²) in [6, 6.07) is 7.32. The molecule has 4 rings (SSSR count). The fourth-order valence-electron chi connectivity index (χ4n) is 2.84. The van der Waals surface area contributed by atoms with Gasteiger partial charge in [0.1, 0.15) is 0 Å². The molecule has 1 aromatic carbocycles. The summed E-state index contributed by atoms with van der Waals surface area (Å²) in [4.78, 5) is 23.2. The molecule has 0 aliphatic carbocycles. The van der Waals surface area contributed by atoms with Crippen LogP contribution in [0.15, 0.2) is 30.5 Å². The molecule has 8 heteroatoms. The van der Waals surface area contributed by atoms with Crippen LogP contribution in [0.1, 0.15) is 16.1 Å². The smallest absolute Gasteiger partial charge is 0.257 e. The van der Waals surface area contributed by atoms with Crippen LogP contribution in [-0.4, -0.2) is 56.7 Å². The average molecular weight is 358 g/mol. The van der Waals surface area contributed by atoms with Gasteiger partial charge in [-0.3, -0.25) is 4.79 Å². The highest BCUT2D eigenvalue weighted by atomic mass is 35.5. The second-order valence-electron chi connectivity index (χ2n) is 5.82. The number of benzene rings is 1. The molecule has 128 valence electrons. The van der Waals surface area contributed by atoms with Crippen LogP contribution in [0.5, 0.6) is 0 Å². The van der Waals surface area contributed by atoms with Crippen LogP contribution >= 0.6 is 11.6 Å². The van der Waals surface area contributed by atoms with Crippen molar-refractivity contribution in [1.82, 2.24) is 24.5 Å². The number of carbonyl (C=O) groups is 1. The van der Waals surface area contributed by atoms with Gasteiger partial charge in [-0.25, -0.2) is 9.50 Å². The molecule has 0 atom stereocenters. The fraction of sp³-hybridized carbons (Fsp3) is 0.294. The zero-order chi connectivity index (χ0) is 17.4. The summed E-state index contributed by atoms with van der Waals surface area (Å²) in [6.07, 6.45) is 1.57. The van der Waals surface area contributed by atoms with E-state index in [9.17, 15) is 4.79 Å². The number of ether oxygens (including phenoxy) is 1. The minimum atomic E-state index is -0.0602. The fourth-order valence-corrected chi connectivity index (χ4v) is 3.03. The van der Waals surface area contributed by atoms with Crippen molar-refractivity contribution < 1.29 is 9.53 Å². The van der Waals surface area contributed by atoms with Gasteiger partial charge in [-0.2, -0.15) is 4.98 Å². The van der Waals surface area contributed by atoms with Gasteiger partial charge in [0, 0.05) is 29.9 Å². The highest BCUT2D eigenvalue weighted by Crippen LogP contribution is 2.21. The summed E-state index contributed by atoms with van der Waals surface area (Å²) in [5.74, 6) is 0.912. The van der Waals surface area contributed by atoms with E-state index in [4.69, 9.17) is 16.3 Å². The molecule has 1 aliphatic rings. The van der Waals surface area contributed by atoms with Crippen molar-refractivity contribution >= 4 is 23.3 Å². The van der Waals surface area contributed by atoms with E-state index >= 15 is 0 Å². The number of halogens is 1. The first-order valence-corrected chi connectivity index (χ1v) is 8.36. The maximum Gasteiger partial charge on any atom is 0.257 e. The monoisotopic (exact) mass is 357 g/mol. The van der Waals surface area contributed by atoms with Crippen LogP contribution in [0.2, 0.25) is 5.02 Å². The Morgan fingerprint density at radius 3 is 2.84 bits per heavy atom. The van der Waals surface area contributed by atoms with Crippen LogP contribution in [0.4, 0.5) is 0 Å². The van der Waals surface area contributed by atoms with Crippen molar-refractivity contribution in [2.75, 3.05) is 26.3 Å². The minimum Gasteiger partial charge on any atom is -0.378 e. The Balaban J connectivity index is 1.74. The van der Waals surface area contributed by atoms with Crippen LogP contribution in [0.25, 0.3) is 17.2 Å². The lowest BCUT2D eigenvalue weighted by molar-refractivity contribution is 0.0301. The average Bonchev–Trinajstić information content (AvgIpc) is 3.08. The lowest BCUT2D eigenvalue weighted by Gasteiger charge is -2.27. The van der Waals surface area contributed by atoms with Gasteiger partial charge in [0.25, 0.3) is 11.7 Å². The molecule has 1 saturated heterocycles. The van der Waals surface area contributed by atoms with Crippen molar-refractivity contribution in [2.24, 2.45) is 0 Å². The molecular weight excluding hydrogens is 342 g/mol. The topological polar surface area (TPSA) is 72.6 Å². The Hall–Kier alpha value is -2.51. The molecule has 0 N–H and O–H groups in total. The van der Waals surface area contributed by atoms with Gasteiger partial charge in [0.05, 0.1) is 24.5 Å². The lowest BCUT2D eigenvalue weighted by atomic mass is 10.2. The first-order chi connectivity index (χ1) is 12.1. The van der Waals surface area contributed by atoms with E-state index in [-0.39, 0.29) is 5.91 Å². The second kappa shape index (κ2) is 6.42. The van der Waals surface area contributed by atoms with E-state index in [2.05, 4.69) is 15.1 Å². The molecule has 0 spiro atoms. The molecule has 0 bridgehead atoms. The van der Waals surface area contributed by atoms with Gasteiger partial charge >= 0.3 is 0 Å². The maximum atomic E-state index is 12.7. The summed E-state index contributed by atoms with van der Waals surface area (Å²) in [6.45, 7) is 4.13. The van der Waals surface area contributed by atoms with Gasteiger partial charge < -0.3 is 9.64 Å². The number of nitrogens with zero attached hydrogens (tertiary/aromatic N) is 5. The highest BCUT2D eigenvalue weighted by Gasteiger charge is 2.22. The van der Waals surface area contributed by atoms with Gasteiger partial charge in [-0.1, -0.05) is 23.7 Å². The van der Waals surface area contributed by atoms with E-state index in [0.29, 0.717) is 54.2 Å². The molecule has 1 aliphatic heterocycles. The normalized spacial score (nSPS) is 14.9. The first-order valence-electron chi connectivity index (χ1n) is 7.99. The number of rotatable bonds is 2. The number of hydrogen-bond donors (Lipinski definition) is 0. The molecule has 7 nitrogen and oxygen atoms in total. The van der Waals surface area contributed by atoms with Gasteiger partial charge in [-0.05, 0) is 19.1 Å². The highest BCUT2D eigenvalue weighted by molar-refractivity contribution is 6.30. The van der Waals surface area contributed by atoms with E-state index in [0.717, 1.165) is 5.56 Å². The summed E-state index contributed by atoms with van der Waals surface area (Å²) in [5.41, 5.74) is 2.04. The van der Waals surface area contributed by atoms with Crippen molar-refractivity contribution in [2.45, 2.75) is 6.92 Å². The Bertz CT molecular complexity index is 949. The predicted octanol–water partition coefficient (Wildman–Crippen LogP) is 2.23. The van der Waals surface area contributed by atoms with E-state index in [1.54, 1.807) is 27.7 Å². The second-order valence-corrected chi connectivity index (χ2v) is 6.26. The van der Waals surface area contributed by atoms with Crippen LogP contribution in [-0.2, 0) is 4.74 Å². The zero-order valence-corrected chi connectivity index (χ0v) is 14.4. The molecule has 1 amide bonds. The molecular formula is C17H16ClN5O2. The summed E-state index contributed by atoms with van der Waals surface area (Å²) in [7, 11) is 0. The van der Waals surface area contributed by atoms with Gasteiger partial charge in [-0.15, -0.1) is 5.10 Å². The summed E-state index contributed by atoms with van der Waals surface area (Å²) in [5, 5.41) is 5.12. The third kappa shape index (κ3) is 2.96. The van der Waals surface area contributed by atoms with E-state index in [1.807, 2.05) is 19.1 Å². The van der Waals surface area contributed by atoms with E-state index < -0.39 is 0 Å². The predicted molar refractivity (Wildman–Crippen MR) is 92.7 cm³/mol. The molecule has 3 aromatic rings. The number of hydrogen-bond acceptors (Lipinski definition) is 5. The van der Waals surface area contributed by atoms with Crippen molar-refractivity contribution in [3.05, 3.63) is 46.7 Å². The number of aryl methyl sites for hydroxylation is 1. The molecule has 25 heavy (non-hydrogen) atoms. The number of carbonyl (C=O) groups excluding carboxylic acids is 1. The SMILES string of the molecule is Cc1c(C(=O)N2CCOCC2)cnc2nc(-c3cccc(Cl)c3)nn12. The van der Waals surface area contributed by atoms with Crippen LogP contribution in [0, 0.1) is 6.92 Å². The molecule has 1 fully saturated rings. The Morgan fingerprint density at radius 1 is 1.28 bits per heavy atom. The van der Waals surface area contributed by atoms with Crippen molar-refractivity contribution in [3.63, 3.8) is 0 Å². The third-order valence-electron chi connectivity index (χ3n) is 4.22. The Kier molecular flexibility index (Phi) is 4.10. The van der Waals surface area contributed by atoms with Crippen molar-refractivity contribution in [1.29, 1.82) is 0 Å². The minimum absolute atomic E-state index is 0.0602. The largest absolute Gasteiger partial charge is 0.378 e. The van der Waals surface area contributed by atoms with Gasteiger partial charge in [0.15, 0.2) is 5.82 Å². The molecule has 0 saturated carbocycles. The Morgan fingerprint density at radius 2 is 2.08 bits per heavy atom. The van der Waals surface area contributed by atoms with Crippen molar-refractivity contribution in [3.8, 4) is 11.4 Å². The quantitative estimate of drug-likeness (QED) is 0.703. The van der Waals surface area contributed by atoms with Gasteiger partial charge in [0.2, 0.25) is 0 Å². The number of fused-ring (bicyclic) bond motifs is 1. The third-order valence-corrected chi connectivity index (χ3v) is 4.45. The molecule has 3 heterocycles. The maximum absolute atomic E-state index is 12.7. The Labute approximate surface area is 149 Å². The summed E-state index contributed by atoms with van der Waals surface area (Å²) < 4.78 is 6.90. The summed E-state index contributed by atoms with van der Waals surface area (Å²) >= 11 is 6.04.